The van der Waals surface area contributed by atoms with Crippen LogP contribution < -0.4 is 14.2 Å². The van der Waals surface area contributed by atoms with Crippen LogP contribution in [0.5, 0.6) is 23.0 Å². The van der Waals surface area contributed by atoms with E-state index < -0.39 is 17.7 Å². The van der Waals surface area contributed by atoms with E-state index in [-0.39, 0.29) is 38.5 Å². The van der Waals surface area contributed by atoms with E-state index in [0.29, 0.717) is 74.9 Å². The Morgan fingerprint density at radius 1 is 0.675 bits per heavy atom. The Balaban J connectivity index is 0.000000265. The Bertz CT molecular complexity index is 3220. The summed E-state index contributed by atoms with van der Waals surface area (Å²) in [5, 5.41) is 10.5. The molecule has 9 rings (SSSR count). The second-order valence-electron chi connectivity index (χ2n) is 20.9. The van der Waals surface area contributed by atoms with Crippen LogP contribution in [0.15, 0.2) is 116 Å². The highest BCUT2D eigenvalue weighted by Gasteiger charge is 2.36. The lowest BCUT2D eigenvalue weighted by atomic mass is 9.87. The van der Waals surface area contributed by atoms with Crippen LogP contribution in [0.4, 0.5) is 4.79 Å². The number of phenolic OH excluding ortho intramolecular Hbond substituents is 1. The molecule has 7 aromatic rings. The van der Waals surface area contributed by atoms with Gasteiger partial charge in [-0.1, -0.05) is 69.5 Å². The van der Waals surface area contributed by atoms with E-state index in [1.807, 2.05) is 102 Å². The van der Waals surface area contributed by atoms with Crippen LogP contribution in [-0.2, 0) is 30.7 Å². The van der Waals surface area contributed by atoms with Crippen LogP contribution in [0.25, 0.3) is 0 Å². The summed E-state index contributed by atoms with van der Waals surface area (Å²) in [5.74, 6) is 1.92. The van der Waals surface area contributed by atoms with Crippen molar-refractivity contribution in [2.45, 2.75) is 121 Å². The minimum atomic E-state index is -0.635. The standard InChI is InChI=1S/C33H38N4O3.C26H34N2O5.C5H6N2O.2CH4/c1-5-36(6-2)33(38)26-14-12-25(13-15-26)32-28-19-31(40-21-24-10-8-7-9-11-24)30(39-4)18-27(28)16-17-37(32)20-29-23(3)34-22-35-29;1-7-27(8-2)24(30)18-11-9-17(10-12-18)23-20-16-21(29)22(32-6)15-19(20)13-14-28(23)25(31)33-26(3,4)5;1-4-5(2-8)7-3-6-4;;/h7-15,18-19,22,32H,5-6,16-17,20-21H2,1-4H3,(H,34,35);9-12,15-16,23,29H,7-8,13-14H2,1-6H3;2-3H,1H3,(H,6,7);2*1H4. The third-order valence-electron chi connectivity index (χ3n) is 14.6. The molecule has 0 bridgehead atoms. The second-order valence-corrected chi connectivity index (χ2v) is 20.9. The molecule has 3 amide bonds. The minimum absolute atomic E-state index is 0. The largest absolute Gasteiger partial charge is 0.504 e. The molecule has 0 saturated carbocycles. The number of hydrogen-bond acceptors (Lipinski definition) is 12. The number of aromatic nitrogens is 4. The van der Waals surface area contributed by atoms with E-state index in [4.69, 9.17) is 18.9 Å². The highest BCUT2D eigenvalue weighted by atomic mass is 16.6. The van der Waals surface area contributed by atoms with Gasteiger partial charge in [-0.3, -0.25) is 24.2 Å². The Labute approximate surface area is 491 Å². The van der Waals surface area contributed by atoms with Crippen molar-refractivity contribution in [3.05, 3.63) is 189 Å². The first-order valence-electron chi connectivity index (χ1n) is 27.7. The first kappa shape index (κ1) is 65.4. The number of nitrogens with zero attached hydrogens (tertiary/aromatic N) is 6. The number of H-pyrrole nitrogens is 2. The molecular formula is C66H86N8O9. The van der Waals surface area contributed by atoms with Gasteiger partial charge in [-0.2, -0.15) is 0 Å². The molecule has 0 fully saturated rings. The highest BCUT2D eigenvalue weighted by molar-refractivity contribution is 5.95. The molecule has 5 aromatic carbocycles. The number of carbonyl (C=O) groups is 4. The fourth-order valence-electron chi connectivity index (χ4n) is 10.2. The number of carbonyl (C=O) groups excluding carboxylic acids is 4. The number of benzene rings is 5. The molecule has 2 atom stereocenters. The summed E-state index contributed by atoms with van der Waals surface area (Å²) in [7, 11) is 3.20. The van der Waals surface area contributed by atoms with Gasteiger partial charge in [-0.05, 0) is 163 Å². The fourth-order valence-corrected chi connectivity index (χ4v) is 10.2. The van der Waals surface area contributed by atoms with Gasteiger partial charge in [0.05, 0.1) is 44.7 Å². The summed E-state index contributed by atoms with van der Waals surface area (Å²) in [6, 6.07) is 32.8. The first-order valence-corrected chi connectivity index (χ1v) is 27.7. The van der Waals surface area contributed by atoms with Crippen molar-refractivity contribution in [1.29, 1.82) is 0 Å². The molecule has 2 aromatic heterocycles. The van der Waals surface area contributed by atoms with Gasteiger partial charge in [0.2, 0.25) is 0 Å². The van der Waals surface area contributed by atoms with Crippen LogP contribution in [0.1, 0.15) is 163 Å². The predicted octanol–water partition coefficient (Wildman–Crippen LogP) is 12.5. The van der Waals surface area contributed by atoms with Gasteiger partial charge in [-0.15, -0.1) is 0 Å². The number of imidazole rings is 2. The van der Waals surface area contributed by atoms with Gasteiger partial charge >= 0.3 is 6.09 Å². The number of methoxy groups -OCH3 is 2. The zero-order valence-corrected chi connectivity index (χ0v) is 48.7. The molecule has 2 aliphatic rings. The number of ether oxygens (including phenoxy) is 4. The molecule has 444 valence electrons. The van der Waals surface area contributed by atoms with Crippen LogP contribution in [0.2, 0.25) is 0 Å². The summed E-state index contributed by atoms with van der Waals surface area (Å²) >= 11 is 0. The molecule has 3 N–H and O–H groups in total. The van der Waals surface area contributed by atoms with E-state index in [1.165, 1.54) is 24.6 Å². The number of amides is 3. The van der Waals surface area contributed by atoms with Gasteiger partial charge in [-0.25, -0.2) is 14.8 Å². The predicted molar refractivity (Wildman–Crippen MR) is 326 cm³/mol. The zero-order chi connectivity index (χ0) is 58.4. The lowest BCUT2D eigenvalue weighted by molar-refractivity contribution is 0.0177. The number of nitrogens with one attached hydrogen (secondary N) is 2. The molecule has 4 heterocycles. The van der Waals surface area contributed by atoms with E-state index in [1.54, 1.807) is 48.4 Å². The van der Waals surface area contributed by atoms with E-state index in [2.05, 4.69) is 68.2 Å². The zero-order valence-electron chi connectivity index (χ0n) is 48.7. The number of aromatic amines is 2. The molecular weight excluding hydrogens is 1050 g/mol. The molecule has 83 heavy (non-hydrogen) atoms. The topological polar surface area (TPSA) is 196 Å². The summed E-state index contributed by atoms with van der Waals surface area (Å²) < 4.78 is 23.0. The maximum absolute atomic E-state index is 13.1. The smallest absolute Gasteiger partial charge is 0.411 e. The summed E-state index contributed by atoms with van der Waals surface area (Å²) in [5.41, 5.74) is 11.4. The number of aryl methyl sites for hydroxylation is 2. The summed E-state index contributed by atoms with van der Waals surface area (Å²) in [6.45, 7) is 22.5. The van der Waals surface area contributed by atoms with Crippen molar-refractivity contribution < 1.29 is 43.2 Å². The highest BCUT2D eigenvalue weighted by Crippen LogP contribution is 2.43. The molecule has 0 saturated heterocycles. The summed E-state index contributed by atoms with van der Waals surface area (Å²) in [6.07, 6.45) is 5.07. The molecule has 17 nitrogen and oxygen atoms in total. The van der Waals surface area contributed by atoms with Crippen LogP contribution in [0, 0.1) is 13.8 Å². The average Bonchev–Trinajstić information content (AvgIpc) is 2.96. The third-order valence-corrected chi connectivity index (χ3v) is 14.6. The lowest BCUT2D eigenvalue weighted by Crippen LogP contribution is -2.43. The molecule has 2 aliphatic heterocycles. The lowest BCUT2D eigenvalue weighted by Gasteiger charge is -2.38. The maximum Gasteiger partial charge on any atom is 0.411 e. The Kier molecular flexibility index (Phi) is 23.7. The van der Waals surface area contributed by atoms with E-state index in [9.17, 15) is 24.3 Å². The molecule has 0 radical (unpaired) electrons. The number of aromatic hydroxyl groups is 1. The van der Waals surface area contributed by atoms with Gasteiger partial charge in [0.25, 0.3) is 11.8 Å². The van der Waals surface area contributed by atoms with Crippen LogP contribution in [0.3, 0.4) is 0 Å². The van der Waals surface area contributed by atoms with Crippen LogP contribution >= 0.6 is 0 Å². The number of phenols is 1. The van der Waals surface area contributed by atoms with Crippen LogP contribution in [-0.4, -0.2) is 128 Å². The number of fused-ring (bicyclic) bond motifs is 2. The number of hydrogen-bond donors (Lipinski definition) is 3. The molecule has 0 spiro atoms. The quantitative estimate of drug-likeness (QED) is 0.0776. The van der Waals surface area contributed by atoms with Gasteiger partial charge in [0.15, 0.2) is 29.3 Å². The maximum atomic E-state index is 13.1. The van der Waals surface area contributed by atoms with Crippen molar-refractivity contribution in [2.75, 3.05) is 53.5 Å². The van der Waals surface area contributed by atoms with Crippen molar-refractivity contribution in [2.24, 2.45) is 0 Å². The van der Waals surface area contributed by atoms with Gasteiger partial charge in [0, 0.05) is 68.3 Å². The molecule has 17 heteroatoms. The van der Waals surface area contributed by atoms with E-state index in [0.717, 1.165) is 75.6 Å². The van der Waals surface area contributed by atoms with Crippen molar-refractivity contribution in [3.8, 4) is 23.0 Å². The second kappa shape index (κ2) is 30.0. The van der Waals surface area contributed by atoms with Gasteiger partial charge < -0.3 is 43.8 Å². The van der Waals surface area contributed by atoms with Gasteiger partial charge in [0.1, 0.15) is 17.9 Å². The monoisotopic (exact) mass is 1130 g/mol. The Morgan fingerprint density at radius 3 is 1.67 bits per heavy atom. The SMILES string of the molecule is C.C.CCN(CC)C(=O)c1ccc(C2c3cc(O)c(OC)cc3CCN2C(=O)OC(C)(C)C)cc1.CCN(CC)C(=O)c1ccc(C2c3cc(OCc4ccccc4)c(OC)cc3CCN2Cc2nc[nH]c2C)cc1.Cc1[nH]cnc1C=O. The Morgan fingerprint density at radius 2 is 1.19 bits per heavy atom. The first-order chi connectivity index (χ1) is 38.9. The normalized spacial score (nSPS) is 14.3. The number of aldehydes is 1. The fraction of sp³-hybridized carbons (Fsp3) is 0.394. The van der Waals surface area contributed by atoms with Crippen molar-refractivity contribution >= 4 is 24.2 Å². The van der Waals surface area contributed by atoms with Crippen molar-refractivity contribution in [3.63, 3.8) is 0 Å². The molecule has 2 unspecified atom stereocenters. The Hall–Kier alpha value is -8.44. The van der Waals surface area contributed by atoms with Crippen molar-refractivity contribution in [1.82, 2.24) is 39.5 Å². The number of rotatable bonds is 16. The minimum Gasteiger partial charge on any atom is -0.504 e. The third kappa shape index (κ3) is 16.0. The van der Waals surface area contributed by atoms with E-state index >= 15 is 0 Å². The average molecular weight is 1140 g/mol. The molecule has 0 aliphatic carbocycles. The summed E-state index contributed by atoms with van der Waals surface area (Å²) in [4.78, 5) is 70.9.